The number of nitrogens with one attached hydrogen (secondary N) is 1. The highest BCUT2D eigenvalue weighted by Gasteiger charge is 2.24. The van der Waals surface area contributed by atoms with E-state index in [9.17, 15) is 4.79 Å². The van der Waals surface area contributed by atoms with Crippen molar-refractivity contribution in [3.05, 3.63) is 23.9 Å². The smallest absolute Gasteiger partial charge is 0.246 e. The second kappa shape index (κ2) is 7.60. The van der Waals surface area contributed by atoms with Crippen molar-refractivity contribution in [1.29, 1.82) is 0 Å². The molecular formula is C17H24N6O2. The van der Waals surface area contributed by atoms with E-state index in [1.807, 2.05) is 36.7 Å². The molecule has 0 unspecified atom stereocenters. The van der Waals surface area contributed by atoms with Crippen LogP contribution in [0.15, 0.2) is 18.2 Å². The molecule has 1 aliphatic rings. The van der Waals surface area contributed by atoms with Crippen molar-refractivity contribution in [1.82, 2.24) is 25.1 Å². The Morgan fingerprint density at radius 2 is 2.08 bits per heavy atom. The highest BCUT2D eigenvalue weighted by Crippen LogP contribution is 2.22. The third-order valence-corrected chi connectivity index (χ3v) is 4.39. The molecule has 0 saturated carbocycles. The van der Waals surface area contributed by atoms with Crippen LogP contribution in [0.5, 0.6) is 0 Å². The Labute approximate surface area is 147 Å². The lowest BCUT2D eigenvalue weighted by Gasteiger charge is -2.32. The van der Waals surface area contributed by atoms with Crippen molar-refractivity contribution in [2.45, 2.75) is 25.8 Å². The quantitative estimate of drug-likeness (QED) is 0.868. The number of hydrogen-bond acceptors (Lipinski definition) is 6. The van der Waals surface area contributed by atoms with Crippen LogP contribution < -0.4 is 10.2 Å². The van der Waals surface area contributed by atoms with Crippen molar-refractivity contribution in [2.75, 3.05) is 31.7 Å². The average Bonchev–Trinajstić information content (AvgIpc) is 2.97. The zero-order chi connectivity index (χ0) is 17.8. The Hall–Kier alpha value is -2.48. The lowest BCUT2D eigenvalue weighted by atomic mass is 10.1. The zero-order valence-corrected chi connectivity index (χ0v) is 14.9. The van der Waals surface area contributed by atoms with E-state index in [-0.39, 0.29) is 18.6 Å². The Kier molecular flexibility index (Phi) is 5.28. The molecule has 1 saturated heterocycles. The van der Waals surface area contributed by atoms with Crippen molar-refractivity contribution in [3.8, 4) is 11.5 Å². The molecule has 8 nitrogen and oxygen atoms in total. The highest BCUT2D eigenvalue weighted by atomic mass is 16.5. The van der Waals surface area contributed by atoms with Gasteiger partial charge in [-0.05, 0) is 31.9 Å². The molecule has 1 amide bonds. The van der Waals surface area contributed by atoms with E-state index in [4.69, 9.17) is 4.74 Å². The van der Waals surface area contributed by atoms with Gasteiger partial charge in [-0.3, -0.25) is 9.36 Å². The van der Waals surface area contributed by atoms with Crippen molar-refractivity contribution >= 4 is 11.9 Å². The number of amides is 1. The van der Waals surface area contributed by atoms with Crippen LogP contribution in [0.4, 0.5) is 5.95 Å². The largest absolute Gasteiger partial charge is 0.375 e. The Balaban J connectivity index is 1.65. The molecule has 0 aromatic carbocycles. The van der Waals surface area contributed by atoms with Crippen LogP contribution in [0.3, 0.4) is 0 Å². The molecule has 0 aliphatic carbocycles. The molecule has 1 N–H and O–H groups in total. The molecule has 3 heterocycles. The number of carbonyl (C=O) groups is 1. The number of piperidine rings is 1. The molecule has 134 valence electrons. The van der Waals surface area contributed by atoms with Gasteiger partial charge in [0.2, 0.25) is 11.9 Å². The van der Waals surface area contributed by atoms with E-state index < -0.39 is 0 Å². The fourth-order valence-electron chi connectivity index (χ4n) is 3.11. The van der Waals surface area contributed by atoms with Crippen LogP contribution in [-0.4, -0.2) is 58.5 Å². The minimum absolute atomic E-state index is 0.0626. The van der Waals surface area contributed by atoms with E-state index in [0.717, 1.165) is 49.1 Å². The van der Waals surface area contributed by atoms with Crippen LogP contribution in [0, 0.1) is 6.92 Å². The van der Waals surface area contributed by atoms with Gasteiger partial charge in [-0.15, -0.1) is 10.2 Å². The van der Waals surface area contributed by atoms with E-state index in [0.29, 0.717) is 0 Å². The van der Waals surface area contributed by atoms with Crippen molar-refractivity contribution in [3.63, 3.8) is 0 Å². The van der Waals surface area contributed by atoms with Gasteiger partial charge in [-0.2, -0.15) is 0 Å². The normalized spacial score (nSPS) is 15.4. The van der Waals surface area contributed by atoms with Gasteiger partial charge in [0.1, 0.15) is 12.3 Å². The Morgan fingerprint density at radius 3 is 2.76 bits per heavy atom. The van der Waals surface area contributed by atoms with Crippen molar-refractivity contribution in [2.24, 2.45) is 7.05 Å². The fraction of sp³-hybridized carbons (Fsp3) is 0.529. The van der Waals surface area contributed by atoms with E-state index >= 15 is 0 Å². The number of anilines is 1. The second-order valence-corrected chi connectivity index (χ2v) is 6.31. The number of pyridine rings is 1. The van der Waals surface area contributed by atoms with E-state index in [1.54, 1.807) is 0 Å². The summed E-state index contributed by atoms with van der Waals surface area (Å²) in [6.45, 7) is 3.72. The van der Waals surface area contributed by atoms with Gasteiger partial charge in [0.25, 0.3) is 0 Å². The first-order valence-electron chi connectivity index (χ1n) is 8.45. The number of hydrogen-bond donors (Lipinski definition) is 1. The number of ether oxygens (including phenoxy) is 1. The summed E-state index contributed by atoms with van der Waals surface area (Å²) in [5, 5.41) is 11.7. The molecule has 25 heavy (non-hydrogen) atoms. The zero-order valence-electron chi connectivity index (χ0n) is 14.9. The van der Waals surface area contributed by atoms with Crippen LogP contribution in [0.25, 0.3) is 11.5 Å². The average molecular weight is 344 g/mol. The topological polar surface area (TPSA) is 85.2 Å². The predicted octanol–water partition coefficient (Wildman–Crippen LogP) is 0.917. The van der Waals surface area contributed by atoms with Gasteiger partial charge in [0.15, 0.2) is 5.82 Å². The molecule has 1 aliphatic heterocycles. The van der Waals surface area contributed by atoms with Gasteiger partial charge < -0.3 is 15.0 Å². The number of aryl methyl sites for hydroxylation is 1. The number of methoxy groups -OCH3 is 1. The molecule has 0 bridgehead atoms. The maximum Gasteiger partial charge on any atom is 0.246 e. The SMILES string of the molecule is COCC(=O)NC1CCN(c2nnc(-c3cccc(C)n3)n2C)CC1. The standard InChI is InChI=1S/C17H24N6O2/c1-12-5-4-6-14(18-12)16-20-21-17(22(16)2)23-9-7-13(8-10-23)19-15(24)11-25-3/h4-6,13H,7-11H2,1-3H3,(H,19,24). The first kappa shape index (κ1) is 17.3. The highest BCUT2D eigenvalue weighted by molar-refractivity contribution is 5.77. The Bertz CT molecular complexity index is 736. The lowest BCUT2D eigenvalue weighted by molar-refractivity contribution is -0.125. The summed E-state index contributed by atoms with van der Waals surface area (Å²) < 4.78 is 6.83. The third-order valence-electron chi connectivity index (χ3n) is 4.39. The predicted molar refractivity (Wildman–Crippen MR) is 94.2 cm³/mol. The van der Waals surface area contributed by atoms with Gasteiger partial charge in [0.05, 0.1) is 0 Å². The fourth-order valence-corrected chi connectivity index (χ4v) is 3.11. The summed E-state index contributed by atoms with van der Waals surface area (Å²) in [5.41, 5.74) is 1.78. The number of nitrogens with zero attached hydrogens (tertiary/aromatic N) is 5. The number of carbonyl (C=O) groups excluding carboxylic acids is 1. The molecule has 0 spiro atoms. The number of aromatic nitrogens is 4. The number of rotatable bonds is 5. The van der Waals surface area contributed by atoms with E-state index in [1.165, 1.54) is 7.11 Å². The molecule has 8 heteroatoms. The minimum Gasteiger partial charge on any atom is -0.375 e. The maximum absolute atomic E-state index is 11.6. The minimum atomic E-state index is -0.0626. The van der Waals surface area contributed by atoms with Gasteiger partial charge in [-0.1, -0.05) is 6.07 Å². The van der Waals surface area contributed by atoms with Crippen LogP contribution in [-0.2, 0) is 16.6 Å². The summed E-state index contributed by atoms with van der Waals surface area (Å²) in [4.78, 5) is 18.3. The molecule has 2 aromatic heterocycles. The molecule has 1 fully saturated rings. The molecule has 0 radical (unpaired) electrons. The van der Waals surface area contributed by atoms with Gasteiger partial charge >= 0.3 is 0 Å². The van der Waals surface area contributed by atoms with Crippen LogP contribution in [0.2, 0.25) is 0 Å². The summed E-state index contributed by atoms with van der Waals surface area (Å²) in [6, 6.07) is 6.06. The summed E-state index contributed by atoms with van der Waals surface area (Å²) in [6.07, 6.45) is 1.75. The molecule has 3 rings (SSSR count). The van der Waals surface area contributed by atoms with Gasteiger partial charge in [0, 0.05) is 39.0 Å². The van der Waals surface area contributed by atoms with Crippen molar-refractivity contribution < 1.29 is 9.53 Å². The van der Waals surface area contributed by atoms with Gasteiger partial charge in [-0.25, -0.2) is 4.98 Å². The molecule has 0 atom stereocenters. The van der Waals surface area contributed by atoms with E-state index in [2.05, 4.69) is 25.4 Å². The molecular weight excluding hydrogens is 320 g/mol. The maximum atomic E-state index is 11.6. The second-order valence-electron chi connectivity index (χ2n) is 6.31. The summed E-state index contributed by atoms with van der Waals surface area (Å²) in [5.74, 6) is 1.53. The summed E-state index contributed by atoms with van der Waals surface area (Å²) >= 11 is 0. The van der Waals surface area contributed by atoms with Crippen LogP contribution in [0.1, 0.15) is 18.5 Å². The first-order valence-corrected chi connectivity index (χ1v) is 8.45. The lowest BCUT2D eigenvalue weighted by Crippen LogP contribution is -2.46. The third kappa shape index (κ3) is 3.96. The summed E-state index contributed by atoms with van der Waals surface area (Å²) in [7, 11) is 3.48. The monoisotopic (exact) mass is 344 g/mol. The molecule has 2 aromatic rings. The Morgan fingerprint density at radius 1 is 1.32 bits per heavy atom. The van der Waals surface area contributed by atoms with Crippen LogP contribution >= 0.6 is 0 Å². The first-order chi connectivity index (χ1) is 12.1.